The van der Waals surface area contributed by atoms with Crippen LogP contribution < -0.4 is 0 Å². The quantitative estimate of drug-likeness (QED) is 0.268. The van der Waals surface area contributed by atoms with Crippen molar-refractivity contribution in [3.63, 3.8) is 0 Å². The lowest BCUT2D eigenvalue weighted by Crippen LogP contribution is -2.59. The maximum Gasteiger partial charge on any atom is 0.304 e. The molecule has 12 heteroatoms. The fourth-order valence-electron chi connectivity index (χ4n) is 7.06. The molecule has 246 valence electrons. The molecule has 4 atom stereocenters. The van der Waals surface area contributed by atoms with Crippen molar-refractivity contribution in [2.75, 3.05) is 44.7 Å². The largest absolute Gasteiger partial charge is 0.481 e. The maximum absolute atomic E-state index is 15.1. The van der Waals surface area contributed by atoms with Gasteiger partial charge in [0.2, 0.25) is 15.9 Å². The highest BCUT2D eigenvalue weighted by atomic mass is 35.5. The van der Waals surface area contributed by atoms with Gasteiger partial charge in [0.1, 0.15) is 0 Å². The summed E-state index contributed by atoms with van der Waals surface area (Å²) in [6.07, 6.45) is 2.21. The highest BCUT2D eigenvalue weighted by Crippen LogP contribution is 2.54. The number of carboxylic acid groups (broad SMARTS) is 1. The molecule has 0 spiro atoms. The molecule has 8 nitrogen and oxygen atoms in total. The van der Waals surface area contributed by atoms with Crippen LogP contribution in [0.2, 0.25) is 10.0 Å². The van der Waals surface area contributed by atoms with E-state index in [0.29, 0.717) is 48.7 Å². The number of carbonyl (C=O) groups excluding carboxylic acids is 1. The van der Waals surface area contributed by atoms with E-state index in [0.717, 1.165) is 35.7 Å². The summed E-state index contributed by atoms with van der Waals surface area (Å²) >= 11 is 14.7. The Kier molecular flexibility index (Phi) is 11.1. The summed E-state index contributed by atoms with van der Waals surface area (Å²) in [5.41, 5.74) is 0.590. The number of hydrogen-bond donors (Lipinski definition) is 1. The van der Waals surface area contributed by atoms with Crippen LogP contribution >= 0.6 is 35.0 Å². The number of nitrogens with zero attached hydrogens (tertiary/aromatic N) is 3. The number of benzene rings is 2. The molecule has 0 bridgehead atoms. The van der Waals surface area contributed by atoms with Gasteiger partial charge in [0.25, 0.3) is 0 Å². The molecule has 5 rings (SSSR count). The Morgan fingerprint density at radius 2 is 1.78 bits per heavy atom. The van der Waals surface area contributed by atoms with Crippen LogP contribution in [0.4, 0.5) is 0 Å². The standard InChI is InChI=1S/C33H43Cl2N3O5S2/c1-3-27(22-36(2)45(42,43)28-11-12-28)38-31(23-7-9-25(34)10-8-23)29(24-5-4-6-26(35)19-24)20-33(32(38)41,21-30(39)40)13-14-37-15-17-44-18-16-37/h4-10,19,27-29,31H,3,11-18,20-22H2,1-2H3,(H,39,40)/t27-,29+,31+,33+/m0/s1. The van der Waals surface area contributed by atoms with Gasteiger partial charge in [0.05, 0.1) is 23.1 Å². The molecule has 1 aliphatic carbocycles. The van der Waals surface area contributed by atoms with E-state index in [2.05, 4.69) is 4.90 Å². The number of carbonyl (C=O) groups is 2. The highest BCUT2D eigenvalue weighted by molar-refractivity contribution is 7.99. The molecular formula is C33H43Cl2N3O5S2. The fraction of sp³-hybridized carbons (Fsp3) is 0.576. The number of aliphatic carboxylic acids is 1. The number of likely N-dealkylation sites (tertiary alicyclic amines) is 1. The molecule has 2 aromatic rings. The second-order valence-electron chi connectivity index (χ2n) is 12.7. The molecule has 1 amide bonds. The van der Waals surface area contributed by atoms with Crippen molar-refractivity contribution < 1.29 is 23.1 Å². The number of amides is 1. The first-order valence-corrected chi connectivity index (χ1v) is 19.2. The molecular weight excluding hydrogens is 653 g/mol. The third-order valence-electron chi connectivity index (χ3n) is 9.68. The molecule has 3 aliphatic rings. The molecule has 1 N–H and O–H groups in total. The van der Waals surface area contributed by atoms with Gasteiger partial charge in [0, 0.05) is 60.2 Å². The number of carboxylic acids is 1. The second-order valence-corrected chi connectivity index (χ2v) is 17.1. The number of hydrogen-bond acceptors (Lipinski definition) is 6. The lowest BCUT2D eigenvalue weighted by Gasteiger charge is -2.53. The van der Waals surface area contributed by atoms with Gasteiger partial charge in [-0.3, -0.25) is 9.59 Å². The van der Waals surface area contributed by atoms with E-state index in [1.807, 2.05) is 53.9 Å². The average Bonchev–Trinajstić information content (AvgIpc) is 3.87. The molecule has 0 aromatic heterocycles. The van der Waals surface area contributed by atoms with Gasteiger partial charge in [-0.1, -0.05) is 54.4 Å². The monoisotopic (exact) mass is 695 g/mol. The Hall–Kier alpha value is -1.82. The lowest BCUT2D eigenvalue weighted by molar-refractivity contribution is -0.163. The Labute approximate surface area is 281 Å². The molecule has 2 heterocycles. The van der Waals surface area contributed by atoms with Gasteiger partial charge in [0.15, 0.2) is 0 Å². The summed E-state index contributed by atoms with van der Waals surface area (Å²) in [4.78, 5) is 31.9. The molecule has 0 radical (unpaired) electrons. The second kappa shape index (κ2) is 14.5. The van der Waals surface area contributed by atoms with Gasteiger partial charge in [-0.2, -0.15) is 11.8 Å². The average molecular weight is 697 g/mol. The van der Waals surface area contributed by atoms with E-state index in [4.69, 9.17) is 23.2 Å². The molecule has 3 fully saturated rings. The predicted molar refractivity (Wildman–Crippen MR) is 182 cm³/mol. The Balaban J connectivity index is 1.64. The molecule has 45 heavy (non-hydrogen) atoms. The summed E-state index contributed by atoms with van der Waals surface area (Å²) < 4.78 is 28.0. The summed E-state index contributed by atoms with van der Waals surface area (Å²) in [5.74, 6) is 0.482. The zero-order chi connectivity index (χ0) is 32.4. The van der Waals surface area contributed by atoms with Crippen LogP contribution in [0.3, 0.4) is 0 Å². The molecule has 1 saturated carbocycles. The number of thioether (sulfide) groups is 1. The molecule has 2 aromatic carbocycles. The third-order valence-corrected chi connectivity index (χ3v) is 13.4. The maximum atomic E-state index is 15.1. The zero-order valence-electron chi connectivity index (χ0n) is 25.9. The van der Waals surface area contributed by atoms with E-state index in [1.165, 1.54) is 4.31 Å². The Morgan fingerprint density at radius 1 is 1.09 bits per heavy atom. The van der Waals surface area contributed by atoms with Crippen LogP contribution in [0.15, 0.2) is 48.5 Å². The number of halogens is 2. The molecule has 2 saturated heterocycles. The van der Waals surface area contributed by atoms with E-state index >= 15 is 4.79 Å². The van der Waals surface area contributed by atoms with Crippen molar-refractivity contribution in [1.29, 1.82) is 0 Å². The van der Waals surface area contributed by atoms with Crippen LogP contribution in [0.5, 0.6) is 0 Å². The summed E-state index contributed by atoms with van der Waals surface area (Å²) in [5, 5.41) is 11.0. The van der Waals surface area contributed by atoms with Crippen molar-refractivity contribution in [3.05, 3.63) is 69.7 Å². The van der Waals surface area contributed by atoms with Crippen molar-refractivity contribution in [1.82, 2.24) is 14.1 Å². The smallest absolute Gasteiger partial charge is 0.304 e. The van der Waals surface area contributed by atoms with Crippen LogP contribution in [0, 0.1) is 5.41 Å². The van der Waals surface area contributed by atoms with Crippen LogP contribution in [0.25, 0.3) is 0 Å². The van der Waals surface area contributed by atoms with Crippen molar-refractivity contribution in [2.45, 2.75) is 68.7 Å². The third kappa shape index (κ3) is 7.84. The predicted octanol–water partition coefficient (Wildman–Crippen LogP) is 6.15. The van der Waals surface area contributed by atoms with E-state index in [9.17, 15) is 18.3 Å². The fourth-order valence-corrected chi connectivity index (χ4v) is 9.99. The normalized spacial score (nSPS) is 25.4. The van der Waals surface area contributed by atoms with Gasteiger partial charge in [-0.05, 0) is 74.0 Å². The van der Waals surface area contributed by atoms with E-state index < -0.39 is 33.5 Å². The minimum absolute atomic E-state index is 0.125. The minimum Gasteiger partial charge on any atom is -0.481 e. The number of piperidine rings is 1. The number of sulfonamides is 1. The number of likely N-dealkylation sites (N-methyl/N-ethyl adjacent to an activating group) is 1. The topological polar surface area (TPSA) is 98.2 Å². The molecule has 2 aliphatic heterocycles. The van der Waals surface area contributed by atoms with Crippen LogP contribution in [0.1, 0.15) is 68.5 Å². The van der Waals surface area contributed by atoms with Crippen molar-refractivity contribution in [3.8, 4) is 0 Å². The van der Waals surface area contributed by atoms with Gasteiger partial charge in [-0.15, -0.1) is 0 Å². The first kappa shape index (κ1) is 34.5. The summed E-state index contributed by atoms with van der Waals surface area (Å²) in [6, 6.07) is 14.0. The zero-order valence-corrected chi connectivity index (χ0v) is 29.1. The lowest BCUT2D eigenvalue weighted by atomic mass is 9.64. The first-order chi connectivity index (χ1) is 21.4. The van der Waals surface area contributed by atoms with Gasteiger partial charge >= 0.3 is 5.97 Å². The Morgan fingerprint density at radius 3 is 2.38 bits per heavy atom. The number of rotatable bonds is 13. The molecule has 0 unspecified atom stereocenters. The van der Waals surface area contributed by atoms with E-state index in [-0.39, 0.29) is 30.0 Å². The van der Waals surface area contributed by atoms with Crippen LogP contribution in [-0.4, -0.2) is 95.5 Å². The Bertz CT molecular complexity index is 1470. The minimum atomic E-state index is -3.50. The van der Waals surface area contributed by atoms with Gasteiger partial charge < -0.3 is 14.9 Å². The SMILES string of the molecule is CC[C@@H](CN(C)S(=O)(=O)C1CC1)N1C(=O)[C@@](CCN2CCSCC2)(CC(=O)O)C[C@H](c2cccc(Cl)c2)[C@H]1c1ccc(Cl)cc1. The first-order valence-electron chi connectivity index (χ1n) is 15.8. The van der Waals surface area contributed by atoms with Crippen molar-refractivity contribution >= 4 is 56.9 Å². The highest BCUT2D eigenvalue weighted by Gasteiger charge is 2.55. The van der Waals surface area contributed by atoms with E-state index in [1.54, 1.807) is 25.2 Å². The van der Waals surface area contributed by atoms with Crippen LogP contribution in [-0.2, 0) is 19.6 Å². The van der Waals surface area contributed by atoms with Gasteiger partial charge in [-0.25, -0.2) is 12.7 Å². The van der Waals surface area contributed by atoms with Crippen molar-refractivity contribution in [2.24, 2.45) is 5.41 Å². The summed E-state index contributed by atoms with van der Waals surface area (Å²) in [6.45, 7) is 4.51. The summed E-state index contributed by atoms with van der Waals surface area (Å²) in [7, 11) is -1.91.